The molecule has 2 aromatic rings. The van der Waals surface area contributed by atoms with E-state index < -0.39 is 0 Å². The fourth-order valence-electron chi connectivity index (χ4n) is 2.44. The summed E-state index contributed by atoms with van der Waals surface area (Å²) in [6, 6.07) is 4.22. The molecular weight excluding hydrogens is 304 g/mol. The highest BCUT2D eigenvalue weighted by atomic mass is 79.9. The molecule has 0 saturated carbocycles. The molecule has 0 aromatic carbocycles. The van der Waals surface area contributed by atoms with Crippen LogP contribution >= 0.6 is 27.5 Å². The molecule has 2 aromatic heterocycles. The molecule has 0 radical (unpaired) electrons. The normalized spacial score (nSPS) is 19.4. The minimum absolute atomic E-state index is 0.428. The molecular formula is C12H12BrClN2O. The highest BCUT2D eigenvalue weighted by Gasteiger charge is 2.25. The SMILES string of the molecule is CC1CCCc2c(Cl)nc(-c3ccc(Br)o3)n21. The van der Waals surface area contributed by atoms with Crippen molar-refractivity contribution >= 4 is 27.5 Å². The summed E-state index contributed by atoms with van der Waals surface area (Å²) in [5.41, 5.74) is 1.13. The number of hydrogen-bond donors (Lipinski definition) is 0. The van der Waals surface area contributed by atoms with Crippen molar-refractivity contribution in [3.8, 4) is 11.6 Å². The summed E-state index contributed by atoms with van der Waals surface area (Å²) in [4.78, 5) is 4.44. The maximum atomic E-state index is 6.20. The summed E-state index contributed by atoms with van der Waals surface area (Å²) in [6.07, 6.45) is 3.33. The second kappa shape index (κ2) is 4.18. The molecule has 90 valence electrons. The standard InChI is InChI=1S/C12H12BrClN2O/c1-7-3-2-4-8-11(14)15-12(16(7)8)9-5-6-10(13)17-9/h5-7H,2-4H2,1H3. The molecule has 3 nitrogen and oxygen atoms in total. The van der Waals surface area contributed by atoms with Gasteiger partial charge in [-0.3, -0.25) is 0 Å². The summed E-state index contributed by atoms with van der Waals surface area (Å²) in [5.74, 6) is 1.60. The van der Waals surface area contributed by atoms with Gasteiger partial charge < -0.3 is 8.98 Å². The Labute approximate surface area is 113 Å². The van der Waals surface area contributed by atoms with Gasteiger partial charge in [-0.25, -0.2) is 4.98 Å². The number of halogens is 2. The summed E-state index contributed by atoms with van der Waals surface area (Å²) in [6.45, 7) is 2.20. The Kier molecular flexibility index (Phi) is 2.79. The fourth-order valence-corrected chi connectivity index (χ4v) is 3.01. The largest absolute Gasteiger partial charge is 0.446 e. The third-order valence-electron chi connectivity index (χ3n) is 3.23. The number of nitrogens with zero attached hydrogens (tertiary/aromatic N) is 2. The summed E-state index contributed by atoms with van der Waals surface area (Å²) in [5, 5.41) is 0.610. The number of imidazole rings is 1. The highest BCUT2D eigenvalue weighted by molar-refractivity contribution is 9.10. The van der Waals surface area contributed by atoms with E-state index in [1.54, 1.807) is 0 Å². The van der Waals surface area contributed by atoms with Gasteiger partial charge in [0, 0.05) is 6.04 Å². The van der Waals surface area contributed by atoms with E-state index in [1.807, 2.05) is 12.1 Å². The van der Waals surface area contributed by atoms with Crippen molar-refractivity contribution in [2.45, 2.75) is 32.2 Å². The van der Waals surface area contributed by atoms with E-state index in [0.717, 1.165) is 30.1 Å². The predicted molar refractivity (Wildman–Crippen MR) is 70.3 cm³/mol. The monoisotopic (exact) mass is 314 g/mol. The van der Waals surface area contributed by atoms with Gasteiger partial charge in [0.15, 0.2) is 21.4 Å². The third-order valence-corrected chi connectivity index (χ3v) is 3.96. The Balaban J connectivity index is 2.18. The lowest BCUT2D eigenvalue weighted by atomic mass is 10.0. The zero-order valence-electron chi connectivity index (χ0n) is 9.41. The second-order valence-electron chi connectivity index (χ2n) is 4.39. The minimum atomic E-state index is 0.428. The number of furan rings is 1. The van der Waals surface area contributed by atoms with E-state index >= 15 is 0 Å². The molecule has 0 spiro atoms. The number of aromatic nitrogens is 2. The first-order valence-corrected chi connectivity index (χ1v) is 6.86. The molecule has 3 heterocycles. The van der Waals surface area contributed by atoms with Gasteiger partial charge in [0.2, 0.25) is 0 Å². The van der Waals surface area contributed by atoms with Crippen LogP contribution in [0.3, 0.4) is 0 Å². The Hall–Kier alpha value is -0.740. The van der Waals surface area contributed by atoms with Gasteiger partial charge in [0.25, 0.3) is 0 Å². The van der Waals surface area contributed by atoms with Gasteiger partial charge in [0.1, 0.15) is 0 Å². The van der Waals surface area contributed by atoms with E-state index in [9.17, 15) is 0 Å². The minimum Gasteiger partial charge on any atom is -0.446 e. The third kappa shape index (κ3) is 1.83. The molecule has 1 aliphatic heterocycles. The molecule has 0 amide bonds. The summed E-state index contributed by atoms with van der Waals surface area (Å²) < 4.78 is 8.49. The molecule has 1 aliphatic rings. The van der Waals surface area contributed by atoms with Crippen molar-refractivity contribution in [3.05, 3.63) is 27.6 Å². The fraction of sp³-hybridized carbons (Fsp3) is 0.417. The lowest BCUT2D eigenvalue weighted by Gasteiger charge is -2.23. The van der Waals surface area contributed by atoms with Gasteiger partial charge in [-0.2, -0.15) is 0 Å². The van der Waals surface area contributed by atoms with Gasteiger partial charge in [-0.15, -0.1) is 0 Å². The zero-order chi connectivity index (χ0) is 12.0. The first-order valence-electron chi connectivity index (χ1n) is 5.69. The van der Waals surface area contributed by atoms with Gasteiger partial charge in [-0.05, 0) is 54.2 Å². The van der Waals surface area contributed by atoms with Crippen LogP contribution in [-0.4, -0.2) is 9.55 Å². The van der Waals surface area contributed by atoms with Gasteiger partial charge in [-0.1, -0.05) is 11.6 Å². The Morgan fingerprint density at radius 1 is 1.53 bits per heavy atom. The first-order chi connectivity index (χ1) is 8.16. The average molecular weight is 316 g/mol. The molecule has 5 heteroatoms. The predicted octanol–water partition coefficient (Wildman–Crippen LogP) is 4.46. The van der Waals surface area contributed by atoms with Crippen LogP contribution in [0.25, 0.3) is 11.6 Å². The zero-order valence-corrected chi connectivity index (χ0v) is 11.8. The van der Waals surface area contributed by atoms with Crippen LogP contribution < -0.4 is 0 Å². The maximum Gasteiger partial charge on any atom is 0.178 e. The molecule has 0 bridgehead atoms. The van der Waals surface area contributed by atoms with E-state index in [1.165, 1.54) is 6.42 Å². The van der Waals surface area contributed by atoms with Crippen molar-refractivity contribution in [3.63, 3.8) is 0 Å². The summed E-state index contributed by atoms with van der Waals surface area (Å²) in [7, 11) is 0. The molecule has 0 N–H and O–H groups in total. The molecule has 17 heavy (non-hydrogen) atoms. The van der Waals surface area contributed by atoms with Crippen LogP contribution in [0.1, 0.15) is 31.5 Å². The van der Waals surface area contributed by atoms with Crippen LogP contribution in [0.2, 0.25) is 5.15 Å². The van der Waals surface area contributed by atoms with E-state index in [-0.39, 0.29) is 0 Å². The molecule has 0 saturated heterocycles. The van der Waals surface area contributed by atoms with Crippen LogP contribution in [0.5, 0.6) is 0 Å². The Morgan fingerprint density at radius 2 is 2.35 bits per heavy atom. The molecule has 1 atom stereocenters. The van der Waals surface area contributed by atoms with Crippen LogP contribution in [0.4, 0.5) is 0 Å². The molecule has 0 aliphatic carbocycles. The van der Waals surface area contributed by atoms with Crippen molar-refractivity contribution in [2.75, 3.05) is 0 Å². The van der Waals surface area contributed by atoms with Crippen molar-refractivity contribution in [1.29, 1.82) is 0 Å². The lowest BCUT2D eigenvalue weighted by molar-refractivity contribution is 0.430. The molecule has 0 fully saturated rings. The van der Waals surface area contributed by atoms with Crippen molar-refractivity contribution in [2.24, 2.45) is 0 Å². The van der Waals surface area contributed by atoms with E-state index in [0.29, 0.717) is 15.9 Å². The van der Waals surface area contributed by atoms with Crippen molar-refractivity contribution in [1.82, 2.24) is 9.55 Å². The Morgan fingerprint density at radius 3 is 3.06 bits per heavy atom. The topological polar surface area (TPSA) is 31.0 Å². The van der Waals surface area contributed by atoms with Crippen molar-refractivity contribution < 1.29 is 4.42 Å². The Bertz CT molecular complexity index is 561. The van der Waals surface area contributed by atoms with Crippen LogP contribution in [-0.2, 0) is 6.42 Å². The molecule has 1 unspecified atom stereocenters. The highest BCUT2D eigenvalue weighted by Crippen LogP contribution is 2.36. The lowest BCUT2D eigenvalue weighted by Crippen LogP contribution is -2.15. The first kappa shape index (κ1) is 11.4. The van der Waals surface area contributed by atoms with E-state index in [4.69, 9.17) is 16.0 Å². The number of rotatable bonds is 1. The number of fused-ring (bicyclic) bond motifs is 1. The van der Waals surface area contributed by atoms with Crippen LogP contribution in [0, 0.1) is 0 Å². The summed E-state index contributed by atoms with van der Waals surface area (Å²) >= 11 is 9.51. The maximum absolute atomic E-state index is 6.20. The quantitative estimate of drug-likeness (QED) is 0.778. The van der Waals surface area contributed by atoms with Crippen LogP contribution in [0.15, 0.2) is 21.2 Å². The van der Waals surface area contributed by atoms with Gasteiger partial charge >= 0.3 is 0 Å². The van der Waals surface area contributed by atoms with Gasteiger partial charge in [0.05, 0.1) is 5.69 Å². The number of hydrogen-bond acceptors (Lipinski definition) is 2. The smallest absolute Gasteiger partial charge is 0.178 e. The second-order valence-corrected chi connectivity index (χ2v) is 5.53. The van der Waals surface area contributed by atoms with E-state index in [2.05, 4.69) is 32.4 Å². The average Bonchev–Trinajstić information content (AvgIpc) is 2.85. The molecule has 3 rings (SSSR count).